The Bertz CT molecular complexity index is 1260. The van der Waals surface area contributed by atoms with Gasteiger partial charge in [-0.3, -0.25) is 4.79 Å². The molecule has 2 atom stereocenters. The van der Waals surface area contributed by atoms with Gasteiger partial charge in [-0.25, -0.2) is 4.79 Å². The molecule has 2 N–H and O–H groups in total. The van der Waals surface area contributed by atoms with Crippen molar-refractivity contribution >= 4 is 27.7 Å². The minimum Gasteiger partial charge on any atom is -0.503 e. The van der Waals surface area contributed by atoms with Crippen LogP contribution < -0.4 is 14.8 Å². The monoisotopic (exact) mass is 555 g/mol. The fraction of sp³-hybridized carbons (Fsp3) is 0.357. The summed E-state index contributed by atoms with van der Waals surface area (Å²) in [5, 5.41) is 13.7. The second-order valence-electron chi connectivity index (χ2n) is 8.95. The first kappa shape index (κ1) is 25.8. The van der Waals surface area contributed by atoms with Crippen LogP contribution in [0.25, 0.3) is 0 Å². The first-order valence-electron chi connectivity index (χ1n) is 11.9. The zero-order chi connectivity index (χ0) is 26.0. The van der Waals surface area contributed by atoms with Crippen LogP contribution in [0.2, 0.25) is 0 Å². The molecule has 2 aromatic rings. The van der Waals surface area contributed by atoms with E-state index >= 15 is 0 Å². The molecule has 0 saturated heterocycles. The predicted molar refractivity (Wildman–Crippen MR) is 139 cm³/mol. The van der Waals surface area contributed by atoms with E-state index in [2.05, 4.69) is 21.2 Å². The van der Waals surface area contributed by atoms with Crippen LogP contribution in [0.15, 0.2) is 63.4 Å². The molecule has 190 valence electrons. The maximum absolute atomic E-state index is 13.8. The van der Waals surface area contributed by atoms with E-state index in [1.165, 1.54) is 7.11 Å². The third kappa shape index (κ3) is 4.74. The normalized spacial score (nSPS) is 19.5. The lowest BCUT2D eigenvalue weighted by molar-refractivity contribution is -0.139. The number of rotatable bonds is 7. The number of allylic oxidation sites excluding steroid dienone is 3. The minimum atomic E-state index is -0.664. The number of halogens is 1. The van der Waals surface area contributed by atoms with Crippen LogP contribution in [0.1, 0.15) is 56.1 Å². The number of phenols is 1. The van der Waals surface area contributed by atoms with Crippen molar-refractivity contribution in [3.8, 4) is 17.2 Å². The van der Waals surface area contributed by atoms with Gasteiger partial charge in [-0.2, -0.15) is 0 Å². The van der Waals surface area contributed by atoms with E-state index in [-0.39, 0.29) is 36.2 Å². The van der Waals surface area contributed by atoms with Crippen molar-refractivity contribution in [2.75, 3.05) is 20.8 Å². The highest BCUT2D eigenvalue weighted by molar-refractivity contribution is 9.10. The van der Waals surface area contributed by atoms with Crippen molar-refractivity contribution < 1.29 is 28.9 Å². The SMILES string of the molecule is CCCOC(=O)C1=C(C)NC2=C(C(=O)CC(c3ccccc3OC)C2)C1c1cc(Br)c(O)c(OC)c1. The predicted octanol–water partition coefficient (Wildman–Crippen LogP) is 5.49. The standard InChI is InChI=1S/C28H30BrNO6/c1-5-10-36-28(33)24-15(2)30-20-12-16(18-8-6-7-9-22(18)34-3)13-21(31)26(20)25(24)17-11-19(29)27(32)23(14-17)35-4/h6-9,11,14,16,25,30,32H,5,10,12-13H2,1-4H3. The number of hydrogen-bond donors (Lipinski definition) is 2. The summed E-state index contributed by atoms with van der Waals surface area (Å²) in [7, 11) is 3.08. The maximum Gasteiger partial charge on any atom is 0.336 e. The molecule has 36 heavy (non-hydrogen) atoms. The summed E-state index contributed by atoms with van der Waals surface area (Å²) in [5.41, 5.74) is 3.96. The van der Waals surface area contributed by atoms with Crippen LogP contribution in [0, 0.1) is 0 Å². The van der Waals surface area contributed by atoms with Gasteiger partial charge in [0.05, 0.1) is 30.9 Å². The number of benzene rings is 2. The number of methoxy groups -OCH3 is 2. The average molecular weight is 556 g/mol. The molecule has 0 amide bonds. The molecule has 4 rings (SSSR count). The molecule has 2 unspecified atom stereocenters. The van der Waals surface area contributed by atoms with Gasteiger partial charge in [-0.15, -0.1) is 0 Å². The number of carbonyl (C=O) groups is 2. The smallest absolute Gasteiger partial charge is 0.336 e. The number of Topliss-reactive ketones (excluding diaryl/α,β-unsaturated/α-hetero) is 1. The second-order valence-corrected chi connectivity index (χ2v) is 9.80. The summed E-state index contributed by atoms with van der Waals surface area (Å²) in [6, 6.07) is 11.1. The Kier molecular flexibility index (Phi) is 7.73. The number of carbonyl (C=O) groups excluding carboxylic acids is 2. The number of nitrogens with one attached hydrogen (secondary N) is 1. The molecular formula is C28H30BrNO6. The highest BCUT2D eigenvalue weighted by Gasteiger charge is 2.42. The van der Waals surface area contributed by atoms with Crippen LogP contribution in [-0.2, 0) is 14.3 Å². The maximum atomic E-state index is 13.8. The summed E-state index contributed by atoms with van der Waals surface area (Å²) in [6.07, 6.45) is 1.55. The van der Waals surface area contributed by atoms with Crippen LogP contribution >= 0.6 is 15.9 Å². The van der Waals surface area contributed by atoms with Gasteiger partial charge in [0.1, 0.15) is 5.75 Å². The highest BCUT2D eigenvalue weighted by Crippen LogP contribution is 2.49. The first-order valence-corrected chi connectivity index (χ1v) is 12.7. The van der Waals surface area contributed by atoms with Crippen molar-refractivity contribution in [2.45, 2.75) is 44.9 Å². The minimum absolute atomic E-state index is 0.0496. The molecule has 1 aliphatic heterocycles. The van der Waals surface area contributed by atoms with E-state index in [4.69, 9.17) is 14.2 Å². The number of para-hydroxylation sites is 1. The van der Waals surface area contributed by atoms with E-state index in [9.17, 15) is 14.7 Å². The van der Waals surface area contributed by atoms with Crippen LogP contribution in [0.3, 0.4) is 0 Å². The fourth-order valence-electron chi connectivity index (χ4n) is 5.06. The molecule has 8 heteroatoms. The van der Waals surface area contributed by atoms with Gasteiger partial charge < -0.3 is 24.6 Å². The van der Waals surface area contributed by atoms with Gasteiger partial charge >= 0.3 is 5.97 Å². The molecule has 0 saturated carbocycles. The molecule has 0 radical (unpaired) electrons. The van der Waals surface area contributed by atoms with Gasteiger partial charge in [0, 0.05) is 35.2 Å². The molecule has 0 aromatic heterocycles. The lowest BCUT2D eigenvalue weighted by atomic mass is 9.71. The van der Waals surface area contributed by atoms with Gasteiger partial charge in [-0.05, 0) is 65.0 Å². The number of ether oxygens (including phenoxy) is 3. The van der Waals surface area contributed by atoms with Crippen molar-refractivity contribution in [2.24, 2.45) is 0 Å². The number of hydrogen-bond acceptors (Lipinski definition) is 7. The summed E-state index contributed by atoms with van der Waals surface area (Å²) in [4.78, 5) is 27.0. The Hall–Kier alpha value is -3.26. The van der Waals surface area contributed by atoms with Crippen molar-refractivity contribution in [3.05, 3.63) is 74.5 Å². The van der Waals surface area contributed by atoms with Crippen molar-refractivity contribution in [1.29, 1.82) is 0 Å². The number of dihydropyridines is 1. The second kappa shape index (κ2) is 10.8. The van der Waals surface area contributed by atoms with Crippen molar-refractivity contribution in [1.82, 2.24) is 5.32 Å². The zero-order valence-corrected chi connectivity index (χ0v) is 22.4. The van der Waals surface area contributed by atoms with E-state index < -0.39 is 11.9 Å². The van der Waals surface area contributed by atoms with E-state index in [1.807, 2.05) is 38.1 Å². The molecule has 0 spiro atoms. The fourth-order valence-corrected chi connectivity index (χ4v) is 5.51. The van der Waals surface area contributed by atoms with Crippen LogP contribution in [0.4, 0.5) is 0 Å². The van der Waals surface area contributed by atoms with Gasteiger partial charge in [-0.1, -0.05) is 25.1 Å². The topological polar surface area (TPSA) is 94.1 Å². The van der Waals surface area contributed by atoms with Crippen LogP contribution in [0.5, 0.6) is 17.2 Å². The molecule has 1 aliphatic carbocycles. The summed E-state index contributed by atoms with van der Waals surface area (Å²) in [6.45, 7) is 4.03. The highest BCUT2D eigenvalue weighted by atomic mass is 79.9. The number of ketones is 1. The first-order chi connectivity index (χ1) is 17.3. The van der Waals surface area contributed by atoms with E-state index in [1.54, 1.807) is 19.2 Å². The summed E-state index contributed by atoms with van der Waals surface area (Å²) < 4.78 is 16.8. The molecule has 0 bridgehead atoms. The van der Waals surface area contributed by atoms with Crippen molar-refractivity contribution in [3.63, 3.8) is 0 Å². The van der Waals surface area contributed by atoms with Gasteiger partial charge in [0.15, 0.2) is 17.3 Å². The third-order valence-corrected chi connectivity index (χ3v) is 7.27. The summed E-state index contributed by atoms with van der Waals surface area (Å²) in [5.74, 6) is -0.316. The number of aromatic hydroxyl groups is 1. The average Bonchev–Trinajstić information content (AvgIpc) is 2.87. The Balaban J connectivity index is 1.85. The number of esters is 1. The van der Waals surface area contributed by atoms with E-state index in [0.29, 0.717) is 39.7 Å². The molecule has 7 nitrogen and oxygen atoms in total. The Morgan fingerprint density at radius 1 is 1.14 bits per heavy atom. The Morgan fingerprint density at radius 3 is 2.56 bits per heavy atom. The third-order valence-electron chi connectivity index (χ3n) is 6.67. The Labute approximate surface area is 219 Å². The van der Waals surface area contributed by atoms with Gasteiger partial charge in [0.25, 0.3) is 0 Å². The van der Waals surface area contributed by atoms with Gasteiger partial charge in [0.2, 0.25) is 0 Å². The molecular weight excluding hydrogens is 526 g/mol. The number of phenolic OH excluding ortho intramolecular Hbond substituents is 1. The quantitative estimate of drug-likeness (QED) is 0.436. The Morgan fingerprint density at radius 2 is 1.86 bits per heavy atom. The molecule has 0 fully saturated rings. The zero-order valence-electron chi connectivity index (χ0n) is 20.8. The molecule has 2 aliphatic rings. The lowest BCUT2D eigenvalue weighted by Crippen LogP contribution is -2.36. The molecule has 2 aromatic carbocycles. The lowest BCUT2D eigenvalue weighted by Gasteiger charge is -2.37. The summed E-state index contributed by atoms with van der Waals surface area (Å²) >= 11 is 3.38. The molecule has 1 heterocycles. The van der Waals surface area contributed by atoms with Crippen LogP contribution in [-0.4, -0.2) is 37.7 Å². The largest absolute Gasteiger partial charge is 0.503 e. The van der Waals surface area contributed by atoms with E-state index in [0.717, 1.165) is 17.0 Å².